The highest BCUT2D eigenvalue weighted by Gasteiger charge is 2.35. The maximum absolute atomic E-state index is 13.1. The van der Waals surface area contributed by atoms with Crippen LogP contribution in [0.1, 0.15) is 11.3 Å². The van der Waals surface area contributed by atoms with Gasteiger partial charge in [0.1, 0.15) is 5.82 Å². The second-order valence-electron chi connectivity index (χ2n) is 5.22. The number of rotatable bonds is 5. The zero-order chi connectivity index (χ0) is 18.7. The molecule has 0 N–H and O–H groups in total. The summed E-state index contributed by atoms with van der Waals surface area (Å²) in [7, 11) is -2.97. The first-order valence-electron chi connectivity index (χ1n) is 7.28. The lowest BCUT2D eigenvalue weighted by atomic mass is 10.2. The summed E-state index contributed by atoms with van der Waals surface area (Å²) in [5, 5.41) is 0. The molecular formula is C16H12F3N3O3S. The molecule has 0 spiro atoms. The predicted octanol–water partition coefficient (Wildman–Crippen LogP) is 3.00. The molecule has 0 radical (unpaired) electrons. The number of imidazole rings is 1. The number of pyridine rings is 1. The Balaban J connectivity index is 2.02. The SMILES string of the molecule is O=[SH](=O)OCc1ccc(-n2cc(C(F)(F)F)nc2-c2cccnc2)cc1. The van der Waals surface area contributed by atoms with Crippen LogP contribution in [0.3, 0.4) is 0 Å². The van der Waals surface area contributed by atoms with Crippen LogP contribution in [0.2, 0.25) is 0 Å². The van der Waals surface area contributed by atoms with Crippen molar-refractivity contribution in [2.24, 2.45) is 0 Å². The number of hydrogen-bond acceptors (Lipinski definition) is 5. The highest BCUT2D eigenvalue weighted by atomic mass is 32.2. The monoisotopic (exact) mass is 383 g/mol. The highest BCUT2D eigenvalue weighted by Crippen LogP contribution is 2.32. The fourth-order valence-corrected chi connectivity index (χ4v) is 2.55. The van der Waals surface area contributed by atoms with E-state index in [0.717, 1.165) is 6.20 Å². The molecule has 136 valence electrons. The molecule has 3 rings (SSSR count). The first kappa shape index (κ1) is 18.1. The van der Waals surface area contributed by atoms with Gasteiger partial charge in [0.05, 0.1) is 6.61 Å². The molecule has 0 aliphatic rings. The Hall–Kier alpha value is -2.72. The van der Waals surface area contributed by atoms with Crippen LogP contribution in [-0.2, 0) is 28.0 Å². The summed E-state index contributed by atoms with van der Waals surface area (Å²) >= 11 is 0. The van der Waals surface area contributed by atoms with Crippen molar-refractivity contribution >= 4 is 11.0 Å². The third kappa shape index (κ3) is 4.09. The smallest absolute Gasteiger partial charge is 0.299 e. The number of aromatic nitrogens is 3. The van der Waals surface area contributed by atoms with Crippen LogP contribution in [0.15, 0.2) is 55.0 Å². The summed E-state index contributed by atoms with van der Waals surface area (Å²) in [4.78, 5) is 7.62. The molecule has 0 bridgehead atoms. The van der Waals surface area contributed by atoms with Gasteiger partial charge in [-0.15, -0.1) is 0 Å². The van der Waals surface area contributed by atoms with Crippen molar-refractivity contribution in [3.8, 4) is 17.1 Å². The van der Waals surface area contributed by atoms with E-state index in [2.05, 4.69) is 14.2 Å². The van der Waals surface area contributed by atoms with Crippen molar-refractivity contribution < 1.29 is 25.8 Å². The van der Waals surface area contributed by atoms with Crippen LogP contribution in [0.5, 0.6) is 0 Å². The zero-order valence-electron chi connectivity index (χ0n) is 13.1. The average molecular weight is 383 g/mol. The Morgan fingerprint density at radius 1 is 1.12 bits per heavy atom. The number of nitrogens with zero attached hydrogens (tertiary/aromatic N) is 3. The molecule has 0 aliphatic carbocycles. The van der Waals surface area contributed by atoms with Crippen molar-refractivity contribution in [2.75, 3.05) is 0 Å². The topological polar surface area (TPSA) is 74.1 Å². The summed E-state index contributed by atoms with van der Waals surface area (Å²) < 4.78 is 66.0. The fourth-order valence-electron chi connectivity index (χ4n) is 2.29. The Labute approximate surface area is 148 Å². The van der Waals surface area contributed by atoms with Crippen LogP contribution >= 0.6 is 0 Å². The molecule has 0 unspecified atom stereocenters. The lowest BCUT2D eigenvalue weighted by Gasteiger charge is -2.08. The van der Waals surface area contributed by atoms with Gasteiger partial charge in [-0.1, -0.05) is 12.1 Å². The molecule has 1 aromatic carbocycles. The van der Waals surface area contributed by atoms with Gasteiger partial charge in [-0.05, 0) is 29.8 Å². The van der Waals surface area contributed by atoms with Gasteiger partial charge in [0.25, 0.3) is 11.0 Å². The Bertz CT molecular complexity index is 960. The number of thiol groups is 1. The lowest BCUT2D eigenvalue weighted by Crippen LogP contribution is -2.05. The van der Waals surface area contributed by atoms with Gasteiger partial charge in [-0.25, -0.2) is 13.4 Å². The average Bonchev–Trinajstić information content (AvgIpc) is 3.07. The molecule has 0 atom stereocenters. The second kappa shape index (κ2) is 7.26. The minimum absolute atomic E-state index is 0.0945. The molecule has 3 aromatic rings. The van der Waals surface area contributed by atoms with Gasteiger partial charge in [0.2, 0.25) is 0 Å². The molecular weight excluding hydrogens is 371 g/mol. The van der Waals surface area contributed by atoms with Gasteiger partial charge >= 0.3 is 6.18 Å². The van der Waals surface area contributed by atoms with Crippen molar-refractivity contribution in [3.63, 3.8) is 0 Å². The van der Waals surface area contributed by atoms with E-state index in [1.165, 1.54) is 17.0 Å². The van der Waals surface area contributed by atoms with E-state index in [9.17, 15) is 21.6 Å². The molecule has 0 amide bonds. The molecule has 0 aliphatic heterocycles. The molecule has 6 nitrogen and oxygen atoms in total. The number of benzene rings is 1. The van der Waals surface area contributed by atoms with E-state index in [4.69, 9.17) is 0 Å². The van der Waals surface area contributed by atoms with Crippen LogP contribution in [0, 0.1) is 0 Å². The standard InChI is InChI=1S/C16H12F3N3O3S/c17-16(18,19)14-9-22(15(21-14)12-2-1-7-20-8-12)13-5-3-11(4-6-13)10-25-26(23)24/h1-9,26H,10H2. The van der Waals surface area contributed by atoms with Crippen LogP contribution < -0.4 is 0 Å². The minimum Gasteiger partial charge on any atom is -0.299 e. The van der Waals surface area contributed by atoms with E-state index in [1.54, 1.807) is 36.4 Å². The van der Waals surface area contributed by atoms with E-state index < -0.39 is 22.9 Å². The fraction of sp³-hybridized carbons (Fsp3) is 0.125. The molecule has 0 fully saturated rings. The van der Waals surface area contributed by atoms with E-state index >= 15 is 0 Å². The molecule has 0 saturated carbocycles. The summed E-state index contributed by atoms with van der Waals surface area (Å²) in [5.74, 6) is 0.0945. The maximum atomic E-state index is 13.1. The van der Waals surface area contributed by atoms with Crippen molar-refractivity contribution in [1.29, 1.82) is 0 Å². The number of hydrogen-bond donors (Lipinski definition) is 1. The lowest BCUT2D eigenvalue weighted by molar-refractivity contribution is -0.140. The number of alkyl halides is 3. The van der Waals surface area contributed by atoms with Crippen LogP contribution in [0.25, 0.3) is 17.1 Å². The quantitative estimate of drug-likeness (QED) is 0.686. The largest absolute Gasteiger partial charge is 0.434 e. The van der Waals surface area contributed by atoms with Crippen LogP contribution in [-0.4, -0.2) is 23.0 Å². The summed E-state index contributed by atoms with van der Waals surface area (Å²) in [6.07, 6.45) is -0.749. The first-order chi connectivity index (χ1) is 12.3. The Kier molecular flexibility index (Phi) is 5.05. The van der Waals surface area contributed by atoms with Gasteiger partial charge in [-0.2, -0.15) is 13.2 Å². The third-order valence-corrected chi connectivity index (χ3v) is 3.81. The Morgan fingerprint density at radius 3 is 2.42 bits per heavy atom. The maximum Gasteiger partial charge on any atom is 0.434 e. The molecule has 2 heterocycles. The molecule has 2 aromatic heterocycles. The van der Waals surface area contributed by atoms with E-state index in [-0.39, 0.29) is 12.4 Å². The highest BCUT2D eigenvalue weighted by molar-refractivity contribution is 7.67. The van der Waals surface area contributed by atoms with E-state index in [1.807, 2.05) is 0 Å². The first-order valence-corrected chi connectivity index (χ1v) is 8.38. The molecule has 26 heavy (non-hydrogen) atoms. The second-order valence-corrected chi connectivity index (χ2v) is 5.93. The van der Waals surface area contributed by atoms with Crippen molar-refractivity contribution in [1.82, 2.24) is 14.5 Å². The minimum atomic E-state index is -4.59. The zero-order valence-corrected chi connectivity index (χ0v) is 13.9. The van der Waals surface area contributed by atoms with Crippen molar-refractivity contribution in [2.45, 2.75) is 12.8 Å². The number of halogens is 3. The van der Waals surface area contributed by atoms with Crippen LogP contribution in [0.4, 0.5) is 13.2 Å². The predicted molar refractivity (Wildman–Crippen MR) is 86.9 cm³/mol. The Morgan fingerprint density at radius 2 is 1.85 bits per heavy atom. The van der Waals surface area contributed by atoms with Gasteiger partial charge < -0.3 is 0 Å². The normalized spacial score (nSPS) is 11.8. The molecule has 10 heteroatoms. The van der Waals surface area contributed by atoms with Gasteiger partial charge in [0, 0.05) is 29.8 Å². The summed E-state index contributed by atoms with van der Waals surface area (Å²) in [5.41, 5.74) is 0.403. The third-order valence-electron chi connectivity index (χ3n) is 3.47. The van der Waals surface area contributed by atoms with Gasteiger partial charge in [0.15, 0.2) is 5.69 Å². The van der Waals surface area contributed by atoms with E-state index in [0.29, 0.717) is 16.8 Å². The summed E-state index contributed by atoms with van der Waals surface area (Å²) in [6.45, 7) is -0.147. The molecule has 0 saturated heterocycles. The summed E-state index contributed by atoms with van der Waals surface area (Å²) in [6, 6.07) is 9.45. The van der Waals surface area contributed by atoms with Crippen molar-refractivity contribution in [3.05, 3.63) is 66.2 Å². The van der Waals surface area contributed by atoms with Gasteiger partial charge in [-0.3, -0.25) is 13.7 Å².